The smallest absolute Gasteiger partial charge is 0.236 e. The molecule has 0 spiro atoms. The van der Waals surface area contributed by atoms with Gasteiger partial charge in [-0.1, -0.05) is 18.2 Å². The van der Waals surface area contributed by atoms with Crippen molar-refractivity contribution < 1.29 is 0 Å². The molecule has 2 aromatic rings. The summed E-state index contributed by atoms with van der Waals surface area (Å²) in [5.41, 5.74) is 1.09. The Balaban J connectivity index is 1.69. The summed E-state index contributed by atoms with van der Waals surface area (Å²) in [6, 6.07) is 10.3. The highest BCUT2D eigenvalue weighted by Gasteiger charge is 2.21. The van der Waals surface area contributed by atoms with Crippen molar-refractivity contribution in [3.05, 3.63) is 30.3 Å². The highest BCUT2D eigenvalue weighted by atomic mass is 15.4. The lowest BCUT2D eigenvalue weighted by molar-refractivity contribution is 0.556. The van der Waals surface area contributed by atoms with E-state index in [4.69, 9.17) is 15.0 Å². The van der Waals surface area contributed by atoms with Crippen molar-refractivity contribution in [2.45, 2.75) is 38.5 Å². The van der Waals surface area contributed by atoms with Gasteiger partial charge in [0, 0.05) is 38.9 Å². The maximum Gasteiger partial charge on any atom is 0.236 e. The number of aromatic nitrogens is 3. The fourth-order valence-electron chi connectivity index (χ4n) is 3.73. The van der Waals surface area contributed by atoms with Gasteiger partial charge in [-0.05, 0) is 50.7 Å². The van der Waals surface area contributed by atoms with E-state index in [-0.39, 0.29) is 0 Å². The number of anilines is 4. The van der Waals surface area contributed by atoms with Gasteiger partial charge in [-0.25, -0.2) is 0 Å². The summed E-state index contributed by atoms with van der Waals surface area (Å²) in [5, 5.41) is 0. The third-order valence-electron chi connectivity index (χ3n) is 5.32. The highest BCUT2D eigenvalue weighted by Crippen LogP contribution is 2.26. The SMILES string of the molecule is CN(c1ccccc1)c1nc(N2CCCCC2)nc(N2CCCCC2)n1. The van der Waals surface area contributed by atoms with Gasteiger partial charge in [-0.3, -0.25) is 0 Å². The normalized spacial score (nSPS) is 18.0. The van der Waals surface area contributed by atoms with Crippen LogP contribution in [-0.4, -0.2) is 48.2 Å². The highest BCUT2D eigenvalue weighted by molar-refractivity contribution is 5.58. The quantitative estimate of drug-likeness (QED) is 0.838. The van der Waals surface area contributed by atoms with Gasteiger partial charge in [0.25, 0.3) is 0 Å². The molecule has 0 unspecified atom stereocenters. The standard InChI is InChI=1S/C20H28N6/c1-24(17-11-5-2-6-12-17)18-21-19(25-13-7-3-8-14-25)23-20(22-18)26-15-9-4-10-16-26/h2,5-6,11-12H,3-4,7-10,13-16H2,1H3. The van der Waals surface area contributed by atoms with E-state index in [9.17, 15) is 0 Å². The number of para-hydroxylation sites is 1. The van der Waals surface area contributed by atoms with Gasteiger partial charge >= 0.3 is 0 Å². The van der Waals surface area contributed by atoms with Gasteiger partial charge in [0.2, 0.25) is 17.8 Å². The lowest BCUT2D eigenvalue weighted by Gasteiger charge is -2.31. The molecule has 6 heteroatoms. The van der Waals surface area contributed by atoms with Crippen LogP contribution in [0.1, 0.15) is 38.5 Å². The van der Waals surface area contributed by atoms with Crippen LogP contribution >= 0.6 is 0 Å². The lowest BCUT2D eigenvalue weighted by Crippen LogP contribution is -2.35. The van der Waals surface area contributed by atoms with Crippen LogP contribution in [0.2, 0.25) is 0 Å². The third kappa shape index (κ3) is 3.74. The first-order chi connectivity index (χ1) is 12.8. The number of nitrogens with zero attached hydrogens (tertiary/aromatic N) is 6. The van der Waals surface area contributed by atoms with E-state index in [1.165, 1.54) is 38.5 Å². The molecule has 3 heterocycles. The topological polar surface area (TPSA) is 48.4 Å². The second-order valence-corrected chi connectivity index (χ2v) is 7.23. The van der Waals surface area contributed by atoms with Crippen molar-refractivity contribution in [2.75, 3.05) is 47.9 Å². The lowest BCUT2D eigenvalue weighted by atomic mass is 10.1. The summed E-state index contributed by atoms with van der Waals surface area (Å²) in [6.07, 6.45) is 7.47. The summed E-state index contributed by atoms with van der Waals surface area (Å²) in [5.74, 6) is 2.39. The first kappa shape index (κ1) is 17.1. The number of rotatable bonds is 4. The Morgan fingerprint density at radius 1 is 0.692 bits per heavy atom. The second kappa shape index (κ2) is 7.89. The molecular formula is C20H28N6. The summed E-state index contributed by atoms with van der Waals surface area (Å²) in [7, 11) is 2.03. The minimum atomic E-state index is 0.729. The number of hydrogen-bond acceptors (Lipinski definition) is 6. The minimum Gasteiger partial charge on any atom is -0.341 e. The molecule has 0 radical (unpaired) electrons. The van der Waals surface area contributed by atoms with E-state index in [0.29, 0.717) is 0 Å². The van der Waals surface area contributed by atoms with Crippen LogP contribution in [0.25, 0.3) is 0 Å². The van der Waals surface area contributed by atoms with Gasteiger partial charge in [0.05, 0.1) is 0 Å². The second-order valence-electron chi connectivity index (χ2n) is 7.23. The first-order valence-electron chi connectivity index (χ1n) is 9.86. The monoisotopic (exact) mass is 352 g/mol. The van der Waals surface area contributed by atoms with Gasteiger partial charge in [0.1, 0.15) is 0 Å². The van der Waals surface area contributed by atoms with Crippen LogP contribution in [0.4, 0.5) is 23.5 Å². The summed E-state index contributed by atoms with van der Waals surface area (Å²) >= 11 is 0. The van der Waals surface area contributed by atoms with Gasteiger partial charge in [-0.15, -0.1) is 0 Å². The zero-order valence-corrected chi connectivity index (χ0v) is 15.6. The number of benzene rings is 1. The van der Waals surface area contributed by atoms with Crippen LogP contribution in [0.5, 0.6) is 0 Å². The number of hydrogen-bond donors (Lipinski definition) is 0. The maximum atomic E-state index is 4.86. The predicted octanol–water partition coefficient (Wildman–Crippen LogP) is 3.62. The van der Waals surface area contributed by atoms with Crippen LogP contribution in [0.3, 0.4) is 0 Å². The van der Waals surface area contributed by atoms with Crippen molar-refractivity contribution in [3.63, 3.8) is 0 Å². The molecule has 138 valence electrons. The summed E-state index contributed by atoms with van der Waals surface area (Å²) < 4.78 is 0. The Morgan fingerprint density at radius 3 is 1.69 bits per heavy atom. The van der Waals surface area contributed by atoms with Crippen LogP contribution in [0.15, 0.2) is 30.3 Å². The Morgan fingerprint density at radius 2 is 1.19 bits per heavy atom. The fraction of sp³-hybridized carbons (Fsp3) is 0.550. The van der Waals surface area contributed by atoms with E-state index in [0.717, 1.165) is 49.7 Å². The Labute approximate surface area is 155 Å². The van der Waals surface area contributed by atoms with Crippen LogP contribution in [-0.2, 0) is 0 Å². The van der Waals surface area contributed by atoms with Crippen molar-refractivity contribution in [2.24, 2.45) is 0 Å². The van der Waals surface area contributed by atoms with Crippen molar-refractivity contribution in [1.29, 1.82) is 0 Å². The fourth-order valence-corrected chi connectivity index (χ4v) is 3.73. The predicted molar refractivity (Wildman–Crippen MR) is 106 cm³/mol. The molecular weight excluding hydrogens is 324 g/mol. The van der Waals surface area contributed by atoms with E-state index in [2.05, 4.69) is 26.8 Å². The summed E-state index contributed by atoms with van der Waals surface area (Å²) in [6.45, 7) is 4.16. The molecule has 4 rings (SSSR count). The molecule has 2 aliphatic rings. The van der Waals surface area contributed by atoms with E-state index in [1.807, 2.05) is 25.2 Å². The van der Waals surface area contributed by atoms with Crippen LogP contribution in [0, 0.1) is 0 Å². The average molecular weight is 352 g/mol. The Bertz CT molecular complexity index is 671. The van der Waals surface area contributed by atoms with E-state index in [1.54, 1.807) is 0 Å². The van der Waals surface area contributed by atoms with Crippen molar-refractivity contribution >= 4 is 23.5 Å². The molecule has 2 fully saturated rings. The molecule has 6 nitrogen and oxygen atoms in total. The zero-order valence-electron chi connectivity index (χ0n) is 15.6. The molecule has 26 heavy (non-hydrogen) atoms. The van der Waals surface area contributed by atoms with Gasteiger partial charge < -0.3 is 14.7 Å². The molecule has 0 aliphatic carbocycles. The summed E-state index contributed by atoms with van der Waals surface area (Å²) in [4.78, 5) is 21.2. The van der Waals surface area contributed by atoms with Gasteiger partial charge in [0.15, 0.2) is 0 Å². The molecule has 1 aromatic carbocycles. The zero-order chi connectivity index (χ0) is 17.8. The molecule has 0 atom stereocenters. The Kier molecular flexibility index (Phi) is 5.18. The maximum absolute atomic E-state index is 4.86. The molecule has 1 aromatic heterocycles. The molecule has 0 saturated carbocycles. The van der Waals surface area contributed by atoms with Crippen molar-refractivity contribution in [1.82, 2.24) is 15.0 Å². The molecule has 2 saturated heterocycles. The molecule has 0 bridgehead atoms. The van der Waals surface area contributed by atoms with Crippen molar-refractivity contribution in [3.8, 4) is 0 Å². The van der Waals surface area contributed by atoms with E-state index >= 15 is 0 Å². The molecule has 2 aliphatic heterocycles. The largest absolute Gasteiger partial charge is 0.341 e. The molecule has 0 N–H and O–H groups in total. The first-order valence-corrected chi connectivity index (χ1v) is 9.86. The third-order valence-corrected chi connectivity index (χ3v) is 5.32. The molecule has 0 amide bonds. The minimum absolute atomic E-state index is 0.729. The number of piperidine rings is 2. The Hall–Kier alpha value is -2.37. The average Bonchev–Trinajstić information content (AvgIpc) is 2.75. The van der Waals surface area contributed by atoms with E-state index < -0.39 is 0 Å². The van der Waals surface area contributed by atoms with Crippen LogP contribution < -0.4 is 14.7 Å². The van der Waals surface area contributed by atoms with Gasteiger partial charge in [-0.2, -0.15) is 15.0 Å².